The van der Waals surface area contributed by atoms with E-state index in [0.29, 0.717) is 0 Å². The van der Waals surface area contributed by atoms with Crippen molar-refractivity contribution < 1.29 is 4.74 Å². The first kappa shape index (κ1) is 11.1. The second kappa shape index (κ2) is 4.50. The molecule has 0 N–H and O–H groups in total. The maximum atomic E-state index is 5.21. The predicted octanol–water partition coefficient (Wildman–Crippen LogP) is 3.59. The van der Waals surface area contributed by atoms with Crippen LogP contribution in [0, 0.1) is 6.92 Å². The Labute approximate surface area is 87.1 Å². The maximum Gasteiger partial charge on any atom is 0.119 e. The van der Waals surface area contributed by atoms with Gasteiger partial charge in [0.05, 0.1) is 7.11 Å². The number of methoxy groups -OCH3 is 1. The molecular formula is C13H19O. The highest BCUT2D eigenvalue weighted by atomic mass is 16.5. The van der Waals surface area contributed by atoms with Crippen LogP contribution < -0.4 is 4.74 Å². The summed E-state index contributed by atoms with van der Waals surface area (Å²) in [4.78, 5) is 0. The quantitative estimate of drug-likeness (QED) is 0.706. The van der Waals surface area contributed by atoms with Crippen molar-refractivity contribution in [1.29, 1.82) is 0 Å². The lowest BCUT2D eigenvalue weighted by molar-refractivity contribution is 0.411. The summed E-state index contributed by atoms with van der Waals surface area (Å²) in [7, 11) is 1.70. The zero-order chi connectivity index (χ0) is 10.6. The Morgan fingerprint density at radius 2 is 1.93 bits per heavy atom. The molecule has 0 heterocycles. The Hall–Kier alpha value is -0.980. The van der Waals surface area contributed by atoms with Gasteiger partial charge in [-0.25, -0.2) is 0 Å². The van der Waals surface area contributed by atoms with Crippen molar-refractivity contribution in [3.05, 3.63) is 36.8 Å². The molecule has 0 fully saturated rings. The minimum atomic E-state index is 0.0362. The van der Waals surface area contributed by atoms with Gasteiger partial charge in [-0.2, -0.15) is 0 Å². The van der Waals surface area contributed by atoms with Crippen molar-refractivity contribution in [3.63, 3.8) is 0 Å². The summed E-state index contributed by atoms with van der Waals surface area (Å²) in [6, 6.07) is 8.21. The minimum Gasteiger partial charge on any atom is -0.497 e. The van der Waals surface area contributed by atoms with Crippen LogP contribution in [0.1, 0.15) is 32.3 Å². The maximum absolute atomic E-state index is 5.21. The Morgan fingerprint density at radius 3 is 2.43 bits per heavy atom. The van der Waals surface area contributed by atoms with E-state index >= 15 is 0 Å². The molecule has 0 aliphatic carbocycles. The van der Waals surface area contributed by atoms with Crippen molar-refractivity contribution in [2.75, 3.05) is 7.11 Å². The normalized spacial score (nSPS) is 11.4. The van der Waals surface area contributed by atoms with Gasteiger partial charge in [-0.05, 0) is 42.9 Å². The summed E-state index contributed by atoms with van der Waals surface area (Å²) < 4.78 is 5.21. The average Bonchev–Trinajstić information content (AvgIpc) is 2.28. The third kappa shape index (κ3) is 2.09. The van der Waals surface area contributed by atoms with Crippen LogP contribution in [0.15, 0.2) is 24.3 Å². The highest BCUT2D eigenvalue weighted by Gasteiger charge is 2.22. The third-order valence-electron chi connectivity index (χ3n) is 3.04. The van der Waals surface area contributed by atoms with Crippen molar-refractivity contribution in [2.45, 2.75) is 32.1 Å². The van der Waals surface area contributed by atoms with Crippen molar-refractivity contribution >= 4 is 0 Å². The molecule has 1 radical (unpaired) electrons. The highest BCUT2D eigenvalue weighted by Crippen LogP contribution is 2.32. The van der Waals surface area contributed by atoms with Gasteiger partial charge in [-0.1, -0.05) is 26.0 Å². The summed E-state index contributed by atoms with van der Waals surface area (Å²) in [5, 5.41) is 0. The summed E-state index contributed by atoms with van der Waals surface area (Å²) in [6.07, 6.45) is 2.10. The summed E-state index contributed by atoms with van der Waals surface area (Å²) in [5.41, 5.74) is 1.30. The second-order valence-corrected chi connectivity index (χ2v) is 3.72. The second-order valence-electron chi connectivity index (χ2n) is 3.72. The van der Waals surface area contributed by atoms with Gasteiger partial charge in [-0.3, -0.25) is 0 Å². The summed E-state index contributed by atoms with van der Waals surface area (Å²) >= 11 is 0. The van der Waals surface area contributed by atoms with Crippen LogP contribution in [0.2, 0.25) is 0 Å². The van der Waals surface area contributed by atoms with E-state index in [1.54, 1.807) is 7.11 Å². The van der Waals surface area contributed by atoms with Crippen LogP contribution in [0.3, 0.4) is 0 Å². The Kier molecular flexibility index (Phi) is 3.56. The molecule has 1 nitrogen and oxygen atoms in total. The highest BCUT2D eigenvalue weighted by molar-refractivity contribution is 5.34. The zero-order valence-electron chi connectivity index (χ0n) is 9.34. The largest absolute Gasteiger partial charge is 0.497 e. The van der Waals surface area contributed by atoms with E-state index in [4.69, 9.17) is 4.74 Å². The average molecular weight is 191 g/mol. The lowest BCUT2D eigenvalue weighted by atomic mass is 9.78. The van der Waals surface area contributed by atoms with E-state index in [2.05, 4.69) is 32.9 Å². The summed E-state index contributed by atoms with van der Waals surface area (Å²) in [6.45, 7) is 8.65. The monoisotopic (exact) mass is 191 g/mol. The molecule has 1 heteroatoms. The number of rotatable bonds is 4. The van der Waals surface area contributed by atoms with Crippen molar-refractivity contribution in [1.82, 2.24) is 0 Å². The van der Waals surface area contributed by atoms with Gasteiger partial charge < -0.3 is 4.74 Å². The molecule has 14 heavy (non-hydrogen) atoms. The number of hydrogen-bond donors (Lipinski definition) is 0. The molecule has 0 atom stereocenters. The van der Waals surface area contributed by atoms with Gasteiger partial charge in [0.25, 0.3) is 0 Å². The molecule has 0 aromatic heterocycles. The molecule has 0 aliphatic heterocycles. The molecule has 0 unspecified atom stereocenters. The Morgan fingerprint density at radius 1 is 1.29 bits per heavy atom. The SMILES string of the molecule is [CH2]C(CC)(CC)c1cccc(OC)c1. The molecular weight excluding hydrogens is 172 g/mol. The number of hydrogen-bond acceptors (Lipinski definition) is 1. The van der Waals surface area contributed by atoms with E-state index in [-0.39, 0.29) is 5.41 Å². The molecule has 1 rings (SSSR count). The van der Waals surface area contributed by atoms with E-state index in [0.717, 1.165) is 18.6 Å². The predicted molar refractivity (Wildman–Crippen MR) is 60.6 cm³/mol. The number of benzene rings is 1. The molecule has 0 bridgehead atoms. The Balaban J connectivity index is 3.04. The Bertz CT molecular complexity index is 287. The first-order chi connectivity index (χ1) is 6.66. The van der Waals surface area contributed by atoms with Gasteiger partial charge in [-0.15, -0.1) is 0 Å². The van der Waals surface area contributed by atoms with E-state index in [1.807, 2.05) is 12.1 Å². The van der Waals surface area contributed by atoms with Crippen LogP contribution in [-0.4, -0.2) is 7.11 Å². The first-order valence-corrected chi connectivity index (χ1v) is 5.16. The van der Waals surface area contributed by atoms with Crippen LogP contribution in [0.5, 0.6) is 5.75 Å². The third-order valence-corrected chi connectivity index (χ3v) is 3.04. The van der Waals surface area contributed by atoms with Gasteiger partial charge in [0.1, 0.15) is 5.75 Å². The van der Waals surface area contributed by atoms with Gasteiger partial charge >= 0.3 is 0 Å². The molecule has 0 amide bonds. The zero-order valence-corrected chi connectivity index (χ0v) is 9.34. The smallest absolute Gasteiger partial charge is 0.119 e. The van der Waals surface area contributed by atoms with Crippen molar-refractivity contribution in [2.24, 2.45) is 0 Å². The fraction of sp³-hybridized carbons (Fsp3) is 0.462. The summed E-state index contributed by atoms with van der Waals surface area (Å²) in [5.74, 6) is 0.914. The molecule has 0 aliphatic rings. The van der Waals surface area contributed by atoms with Crippen molar-refractivity contribution in [3.8, 4) is 5.75 Å². The molecule has 0 spiro atoms. The van der Waals surface area contributed by atoms with E-state index < -0.39 is 0 Å². The van der Waals surface area contributed by atoms with E-state index in [1.165, 1.54) is 5.56 Å². The van der Waals surface area contributed by atoms with Crippen LogP contribution in [0.25, 0.3) is 0 Å². The van der Waals surface area contributed by atoms with Gasteiger partial charge in [0.2, 0.25) is 0 Å². The standard InChI is InChI=1S/C13H19O/c1-5-13(3,6-2)11-8-7-9-12(10-11)14-4/h7-10H,3,5-6H2,1-2,4H3. The minimum absolute atomic E-state index is 0.0362. The molecule has 77 valence electrons. The molecule has 0 saturated heterocycles. The van der Waals surface area contributed by atoms with Crippen LogP contribution in [0.4, 0.5) is 0 Å². The van der Waals surface area contributed by atoms with Gasteiger partial charge in [0.15, 0.2) is 0 Å². The topological polar surface area (TPSA) is 9.23 Å². The molecule has 0 saturated carbocycles. The molecule has 1 aromatic rings. The fourth-order valence-electron chi connectivity index (χ4n) is 1.61. The van der Waals surface area contributed by atoms with Crippen LogP contribution in [-0.2, 0) is 5.41 Å². The fourth-order valence-corrected chi connectivity index (χ4v) is 1.61. The lowest BCUT2D eigenvalue weighted by Gasteiger charge is -2.27. The number of ether oxygens (including phenoxy) is 1. The first-order valence-electron chi connectivity index (χ1n) is 5.16. The van der Waals surface area contributed by atoms with Crippen LogP contribution >= 0.6 is 0 Å². The molecule has 1 aromatic carbocycles. The van der Waals surface area contributed by atoms with E-state index in [9.17, 15) is 0 Å². The lowest BCUT2D eigenvalue weighted by Crippen LogP contribution is -2.19. The van der Waals surface area contributed by atoms with Gasteiger partial charge in [0, 0.05) is 0 Å².